The summed E-state index contributed by atoms with van der Waals surface area (Å²) >= 11 is 0. The van der Waals surface area contributed by atoms with Crippen molar-refractivity contribution in [2.24, 2.45) is 5.92 Å². The third-order valence-electron chi connectivity index (χ3n) is 2.71. The maximum atomic E-state index is 13.4. The van der Waals surface area contributed by atoms with Crippen LogP contribution in [-0.4, -0.2) is 11.7 Å². The topological polar surface area (TPSA) is 29.5 Å². The maximum Gasteiger partial charge on any atom is 0.190 e. The van der Waals surface area contributed by atoms with Crippen LogP contribution in [0.3, 0.4) is 0 Å². The third-order valence-corrected chi connectivity index (χ3v) is 2.71. The number of aliphatic hydroxyl groups is 1. The van der Waals surface area contributed by atoms with Gasteiger partial charge in [-0.2, -0.15) is 0 Å². The summed E-state index contributed by atoms with van der Waals surface area (Å²) in [5.41, 5.74) is 0.213. The summed E-state index contributed by atoms with van der Waals surface area (Å²) in [4.78, 5) is 0. The van der Waals surface area contributed by atoms with E-state index in [2.05, 4.69) is 0 Å². The van der Waals surface area contributed by atoms with Crippen molar-refractivity contribution in [2.75, 3.05) is 6.61 Å². The van der Waals surface area contributed by atoms with Crippen molar-refractivity contribution in [2.45, 2.75) is 25.9 Å². The molecule has 4 heteroatoms. The lowest BCUT2D eigenvalue weighted by atomic mass is 10.2. The lowest BCUT2D eigenvalue weighted by Gasteiger charge is -2.09. The molecule has 2 rings (SSSR count). The third kappa shape index (κ3) is 2.70. The monoisotopic (exact) mass is 228 g/mol. The van der Waals surface area contributed by atoms with Crippen LogP contribution in [0.15, 0.2) is 12.1 Å². The zero-order valence-electron chi connectivity index (χ0n) is 8.88. The van der Waals surface area contributed by atoms with E-state index in [0.717, 1.165) is 18.6 Å². The van der Waals surface area contributed by atoms with Crippen molar-refractivity contribution < 1.29 is 18.6 Å². The Morgan fingerprint density at radius 3 is 2.38 bits per heavy atom. The molecule has 1 aromatic rings. The molecule has 88 valence electrons. The van der Waals surface area contributed by atoms with Gasteiger partial charge in [-0.05, 0) is 30.0 Å². The Bertz CT molecular complexity index is 352. The first-order chi connectivity index (χ1) is 7.70. The summed E-state index contributed by atoms with van der Waals surface area (Å²) in [5, 5.41) is 8.76. The van der Waals surface area contributed by atoms with E-state index in [9.17, 15) is 8.78 Å². The average molecular weight is 228 g/mol. The number of ether oxygens (including phenoxy) is 1. The Morgan fingerprint density at radius 2 is 1.88 bits per heavy atom. The summed E-state index contributed by atoms with van der Waals surface area (Å²) in [6.45, 7) is -0.0346. The molecular formula is C12H14F2O2. The molecule has 0 aliphatic heterocycles. The van der Waals surface area contributed by atoms with Crippen molar-refractivity contribution in [3.63, 3.8) is 0 Å². The molecule has 1 fully saturated rings. The van der Waals surface area contributed by atoms with Gasteiger partial charge in [0.15, 0.2) is 17.4 Å². The minimum Gasteiger partial charge on any atom is -0.488 e. The van der Waals surface area contributed by atoms with Crippen molar-refractivity contribution in [3.8, 4) is 5.75 Å². The quantitative estimate of drug-likeness (QED) is 0.839. The van der Waals surface area contributed by atoms with Crippen LogP contribution in [0.2, 0.25) is 0 Å². The van der Waals surface area contributed by atoms with Gasteiger partial charge in [-0.25, -0.2) is 8.78 Å². The van der Waals surface area contributed by atoms with E-state index in [1.54, 1.807) is 0 Å². The number of benzene rings is 1. The minimum atomic E-state index is -0.750. The highest BCUT2D eigenvalue weighted by Gasteiger charge is 2.21. The first kappa shape index (κ1) is 11.3. The summed E-state index contributed by atoms with van der Waals surface area (Å²) in [6.07, 6.45) is 3.23. The van der Waals surface area contributed by atoms with Crippen LogP contribution in [0.4, 0.5) is 8.78 Å². The first-order valence-electron chi connectivity index (χ1n) is 5.42. The van der Waals surface area contributed by atoms with Crippen LogP contribution in [0, 0.1) is 17.6 Å². The second-order valence-electron chi connectivity index (χ2n) is 4.13. The SMILES string of the molecule is OCc1cc(F)c(OCCC2CC2)c(F)c1. The Balaban J connectivity index is 2.00. The normalized spacial score (nSPS) is 15.2. The fraction of sp³-hybridized carbons (Fsp3) is 0.500. The number of rotatable bonds is 5. The fourth-order valence-electron chi connectivity index (χ4n) is 1.58. The predicted octanol–water partition coefficient (Wildman–Crippen LogP) is 2.64. The lowest BCUT2D eigenvalue weighted by Crippen LogP contribution is -2.03. The van der Waals surface area contributed by atoms with Crippen LogP contribution in [0.1, 0.15) is 24.8 Å². The Kier molecular flexibility index (Phi) is 3.39. The fourth-order valence-corrected chi connectivity index (χ4v) is 1.58. The number of aliphatic hydroxyl groups excluding tert-OH is 1. The van der Waals surface area contributed by atoms with Crippen molar-refractivity contribution in [3.05, 3.63) is 29.3 Å². The zero-order valence-corrected chi connectivity index (χ0v) is 8.88. The van der Waals surface area contributed by atoms with E-state index in [0.29, 0.717) is 12.5 Å². The zero-order chi connectivity index (χ0) is 11.5. The van der Waals surface area contributed by atoms with Gasteiger partial charge in [-0.1, -0.05) is 12.8 Å². The van der Waals surface area contributed by atoms with E-state index in [1.165, 1.54) is 12.8 Å². The number of hydrogen-bond donors (Lipinski definition) is 1. The Labute approximate surface area is 92.9 Å². The van der Waals surface area contributed by atoms with Crippen molar-refractivity contribution in [1.82, 2.24) is 0 Å². The van der Waals surface area contributed by atoms with Gasteiger partial charge in [0, 0.05) is 0 Å². The highest BCUT2D eigenvalue weighted by atomic mass is 19.1. The minimum absolute atomic E-state index is 0.213. The molecule has 0 amide bonds. The van der Waals surface area contributed by atoms with Gasteiger partial charge >= 0.3 is 0 Å². The van der Waals surface area contributed by atoms with Gasteiger partial charge in [-0.15, -0.1) is 0 Å². The van der Waals surface area contributed by atoms with E-state index in [1.807, 2.05) is 0 Å². The molecule has 1 N–H and O–H groups in total. The second-order valence-corrected chi connectivity index (χ2v) is 4.13. The highest BCUT2D eigenvalue weighted by Crippen LogP contribution is 2.32. The van der Waals surface area contributed by atoms with Crippen LogP contribution >= 0.6 is 0 Å². The predicted molar refractivity (Wildman–Crippen MR) is 55.1 cm³/mol. The Hall–Kier alpha value is -1.16. The largest absolute Gasteiger partial charge is 0.488 e. The molecule has 0 aromatic heterocycles. The van der Waals surface area contributed by atoms with Crippen LogP contribution in [-0.2, 0) is 6.61 Å². The molecule has 2 nitrogen and oxygen atoms in total. The van der Waals surface area contributed by atoms with E-state index in [-0.39, 0.29) is 17.9 Å². The summed E-state index contributed by atoms with van der Waals surface area (Å²) in [7, 11) is 0. The first-order valence-corrected chi connectivity index (χ1v) is 5.42. The summed E-state index contributed by atoms with van der Waals surface area (Å²) in [6, 6.07) is 2.19. The smallest absolute Gasteiger partial charge is 0.190 e. The van der Waals surface area contributed by atoms with Gasteiger partial charge in [0.25, 0.3) is 0 Å². The molecule has 0 spiro atoms. The van der Waals surface area contributed by atoms with Gasteiger partial charge in [0.1, 0.15) is 0 Å². The Morgan fingerprint density at radius 1 is 1.25 bits per heavy atom. The van der Waals surface area contributed by atoms with Crippen molar-refractivity contribution in [1.29, 1.82) is 0 Å². The van der Waals surface area contributed by atoms with Crippen LogP contribution in [0.5, 0.6) is 5.75 Å². The standard InChI is InChI=1S/C12H14F2O2/c13-10-5-9(7-15)6-11(14)12(10)16-4-3-8-1-2-8/h5-6,8,15H,1-4,7H2. The molecule has 1 aromatic carbocycles. The van der Waals surface area contributed by atoms with Gasteiger partial charge in [0.2, 0.25) is 0 Å². The summed E-state index contributed by atoms with van der Waals surface area (Å²) < 4.78 is 31.8. The second kappa shape index (κ2) is 4.78. The molecule has 1 saturated carbocycles. The summed E-state index contributed by atoms with van der Waals surface area (Å²) in [5.74, 6) is -1.17. The van der Waals surface area contributed by atoms with E-state index < -0.39 is 11.6 Å². The van der Waals surface area contributed by atoms with Gasteiger partial charge in [0.05, 0.1) is 13.2 Å². The highest BCUT2D eigenvalue weighted by molar-refractivity contribution is 5.31. The maximum absolute atomic E-state index is 13.4. The van der Waals surface area contributed by atoms with Crippen molar-refractivity contribution >= 4 is 0 Å². The molecule has 0 atom stereocenters. The molecular weight excluding hydrogens is 214 g/mol. The van der Waals surface area contributed by atoms with E-state index in [4.69, 9.17) is 9.84 Å². The average Bonchev–Trinajstić information content (AvgIpc) is 3.05. The van der Waals surface area contributed by atoms with Gasteiger partial charge < -0.3 is 9.84 Å². The molecule has 16 heavy (non-hydrogen) atoms. The molecule has 0 heterocycles. The molecule has 1 aliphatic rings. The van der Waals surface area contributed by atoms with Crippen LogP contribution in [0.25, 0.3) is 0 Å². The lowest BCUT2D eigenvalue weighted by molar-refractivity contribution is 0.266. The molecule has 0 unspecified atom stereocenters. The van der Waals surface area contributed by atoms with E-state index >= 15 is 0 Å². The van der Waals surface area contributed by atoms with Crippen LogP contribution < -0.4 is 4.74 Å². The number of halogens is 2. The number of hydrogen-bond acceptors (Lipinski definition) is 2. The molecule has 0 bridgehead atoms. The molecule has 0 saturated heterocycles. The molecule has 1 aliphatic carbocycles. The van der Waals surface area contributed by atoms with Gasteiger partial charge in [-0.3, -0.25) is 0 Å². The molecule has 0 radical (unpaired) electrons.